The van der Waals surface area contributed by atoms with E-state index in [1.54, 1.807) is 12.1 Å². The van der Waals surface area contributed by atoms with Crippen molar-refractivity contribution >= 4 is 34.7 Å². The van der Waals surface area contributed by atoms with Gasteiger partial charge in [0.2, 0.25) is 0 Å². The highest BCUT2D eigenvalue weighted by molar-refractivity contribution is 6.30. The lowest BCUT2D eigenvalue weighted by atomic mass is 10.1. The molecule has 0 unspecified atom stereocenters. The van der Waals surface area contributed by atoms with Gasteiger partial charge in [-0.3, -0.25) is 4.79 Å². The molecule has 0 fully saturated rings. The molecule has 7 heteroatoms. The third-order valence-corrected chi connectivity index (χ3v) is 4.82. The third-order valence-electron chi connectivity index (χ3n) is 4.60. The summed E-state index contributed by atoms with van der Waals surface area (Å²) in [4.78, 5) is 17.0. The molecule has 1 aliphatic rings. The van der Waals surface area contributed by atoms with Gasteiger partial charge in [-0.25, -0.2) is 9.37 Å². The molecule has 3 aromatic rings. The van der Waals surface area contributed by atoms with E-state index in [0.717, 1.165) is 12.8 Å². The lowest BCUT2D eigenvalue weighted by molar-refractivity contribution is 0.0933. The average molecular weight is 397 g/mol. The molecule has 0 spiro atoms. The predicted octanol–water partition coefficient (Wildman–Crippen LogP) is 4.10. The molecule has 0 atom stereocenters. The SMILES string of the molecule is Nc1cc(Nc2cc(F)cc(Cl)c2)nc(C(=O)NC2Cc3ccccc3C2)c1. The van der Waals surface area contributed by atoms with Crippen molar-refractivity contribution in [2.24, 2.45) is 0 Å². The summed E-state index contributed by atoms with van der Waals surface area (Å²) >= 11 is 5.87. The van der Waals surface area contributed by atoms with Crippen LogP contribution in [-0.4, -0.2) is 16.9 Å². The fourth-order valence-corrected chi connectivity index (χ4v) is 3.65. The Morgan fingerprint density at radius 2 is 1.82 bits per heavy atom. The molecule has 0 saturated heterocycles. The van der Waals surface area contributed by atoms with Crippen LogP contribution in [0.25, 0.3) is 0 Å². The molecule has 0 bridgehead atoms. The zero-order chi connectivity index (χ0) is 19.7. The van der Waals surface area contributed by atoms with Gasteiger partial charge in [0.25, 0.3) is 5.91 Å². The van der Waals surface area contributed by atoms with Gasteiger partial charge in [-0.05, 0) is 48.2 Å². The molecule has 0 saturated carbocycles. The van der Waals surface area contributed by atoms with E-state index >= 15 is 0 Å². The first-order chi connectivity index (χ1) is 13.5. The van der Waals surface area contributed by atoms with Crippen LogP contribution in [0.5, 0.6) is 0 Å². The normalized spacial score (nSPS) is 13.2. The summed E-state index contributed by atoms with van der Waals surface area (Å²) in [5.74, 6) is -0.440. The molecule has 4 N–H and O–H groups in total. The number of halogens is 2. The van der Waals surface area contributed by atoms with Crippen LogP contribution in [0.1, 0.15) is 21.6 Å². The van der Waals surface area contributed by atoms with Gasteiger partial charge >= 0.3 is 0 Å². The molecule has 1 heterocycles. The molecule has 0 aliphatic heterocycles. The number of hydrogen-bond acceptors (Lipinski definition) is 4. The van der Waals surface area contributed by atoms with E-state index in [2.05, 4.69) is 27.8 Å². The van der Waals surface area contributed by atoms with Crippen LogP contribution in [0.2, 0.25) is 5.02 Å². The number of amides is 1. The lowest BCUT2D eigenvalue weighted by Crippen LogP contribution is -2.35. The standard InChI is InChI=1S/C21H18ClFN4O/c22-14-7-15(23)9-18(8-14)25-20-11-16(24)10-19(27-20)21(28)26-17-5-12-3-1-2-4-13(12)6-17/h1-4,7-11,17H,5-6H2,(H,26,28)(H3,24,25,27). The number of aromatic nitrogens is 1. The molecular formula is C21H18ClFN4O. The van der Waals surface area contributed by atoms with E-state index in [1.807, 2.05) is 12.1 Å². The molecule has 0 radical (unpaired) electrons. The number of nitrogens with two attached hydrogens (primary N) is 1. The van der Waals surface area contributed by atoms with Gasteiger partial charge in [0.15, 0.2) is 0 Å². The first kappa shape index (κ1) is 18.3. The summed E-state index contributed by atoms with van der Waals surface area (Å²) in [6.07, 6.45) is 1.58. The second-order valence-electron chi connectivity index (χ2n) is 6.80. The van der Waals surface area contributed by atoms with Crippen molar-refractivity contribution in [2.75, 3.05) is 11.1 Å². The molecule has 1 amide bonds. The summed E-state index contributed by atoms with van der Waals surface area (Å²) in [5, 5.41) is 6.20. The molecule has 5 nitrogen and oxygen atoms in total. The smallest absolute Gasteiger partial charge is 0.270 e. The molecule has 2 aromatic carbocycles. The average Bonchev–Trinajstić information content (AvgIpc) is 3.02. The Hall–Kier alpha value is -3.12. The second kappa shape index (κ2) is 7.48. The molecule has 4 rings (SSSR count). The van der Waals surface area contributed by atoms with E-state index in [-0.39, 0.29) is 22.7 Å². The van der Waals surface area contributed by atoms with Gasteiger partial charge in [-0.1, -0.05) is 35.9 Å². The number of benzene rings is 2. The summed E-state index contributed by atoms with van der Waals surface area (Å²) in [7, 11) is 0. The number of fused-ring (bicyclic) bond motifs is 1. The van der Waals surface area contributed by atoms with Crippen molar-refractivity contribution in [2.45, 2.75) is 18.9 Å². The molecule has 1 aromatic heterocycles. The topological polar surface area (TPSA) is 80.0 Å². The molecular weight excluding hydrogens is 379 g/mol. The highest BCUT2D eigenvalue weighted by Crippen LogP contribution is 2.24. The van der Waals surface area contributed by atoms with Crippen molar-refractivity contribution in [1.82, 2.24) is 10.3 Å². The predicted molar refractivity (Wildman–Crippen MR) is 108 cm³/mol. The number of carbonyl (C=O) groups excluding carboxylic acids is 1. The summed E-state index contributed by atoms with van der Waals surface area (Å²) in [5.41, 5.74) is 9.41. The van der Waals surface area contributed by atoms with Crippen LogP contribution >= 0.6 is 11.6 Å². The van der Waals surface area contributed by atoms with Crippen molar-refractivity contribution in [3.8, 4) is 0 Å². The second-order valence-corrected chi connectivity index (χ2v) is 7.24. The van der Waals surface area contributed by atoms with E-state index in [1.165, 1.54) is 29.3 Å². The van der Waals surface area contributed by atoms with Crippen LogP contribution in [0.3, 0.4) is 0 Å². The highest BCUT2D eigenvalue weighted by Gasteiger charge is 2.23. The maximum Gasteiger partial charge on any atom is 0.270 e. The molecule has 28 heavy (non-hydrogen) atoms. The Bertz CT molecular complexity index is 1010. The number of nitrogens with zero attached hydrogens (tertiary/aromatic N) is 1. The minimum atomic E-state index is -0.474. The largest absolute Gasteiger partial charge is 0.399 e. The number of nitrogens with one attached hydrogen (secondary N) is 2. The van der Waals surface area contributed by atoms with Gasteiger partial charge in [0.05, 0.1) is 0 Å². The number of anilines is 3. The fraction of sp³-hybridized carbons (Fsp3) is 0.143. The molecule has 1 aliphatic carbocycles. The van der Waals surface area contributed by atoms with Gasteiger partial charge in [0, 0.05) is 28.5 Å². The number of nitrogen functional groups attached to an aromatic ring is 1. The van der Waals surface area contributed by atoms with Crippen LogP contribution in [-0.2, 0) is 12.8 Å². The maximum absolute atomic E-state index is 13.5. The maximum atomic E-state index is 13.5. The van der Waals surface area contributed by atoms with Crippen LogP contribution < -0.4 is 16.4 Å². The Morgan fingerprint density at radius 3 is 2.50 bits per heavy atom. The van der Waals surface area contributed by atoms with Crippen molar-refractivity contribution < 1.29 is 9.18 Å². The zero-order valence-corrected chi connectivity index (χ0v) is 15.6. The quantitative estimate of drug-likeness (QED) is 0.620. The van der Waals surface area contributed by atoms with Crippen molar-refractivity contribution in [3.05, 3.63) is 82.3 Å². The van der Waals surface area contributed by atoms with Crippen LogP contribution in [0.4, 0.5) is 21.6 Å². The van der Waals surface area contributed by atoms with Gasteiger partial charge in [-0.2, -0.15) is 0 Å². The first-order valence-corrected chi connectivity index (χ1v) is 9.22. The highest BCUT2D eigenvalue weighted by atomic mass is 35.5. The monoisotopic (exact) mass is 396 g/mol. The molecule has 142 valence electrons. The summed E-state index contributed by atoms with van der Waals surface area (Å²) < 4.78 is 13.5. The first-order valence-electron chi connectivity index (χ1n) is 8.84. The van der Waals surface area contributed by atoms with Crippen molar-refractivity contribution in [3.63, 3.8) is 0 Å². The number of hydrogen-bond donors (Lipinski definition) is 3. The van der Waals surface area contributed by atoms with Gasteiger partial charge in [0.1, 0.15) is 17.3 Å². The van der Waals surface area contributed by atoms with E-state index < -0.39 is 5.82 Å². The van der Waals surface area contributed by atoms with Crippen LogP contribution in [0.15, 0.2) is 54.6 Å². The number of carbonyl (C=O) groups is 1. The minimum absolute atomic E-state index is 0.0200. The van der Waals surface area contributed by atoms with E-state index in [4.69, 9.17) is 17.3 Å². The Morgan fingerprint density at radius 1 is 1.11 bits per heavy atom. The van der Waals surface area contributed by atoms with Crippen LogP contribution in [0, 0.1) is 5.82 Å². The summed E-state index contributed by atoms with van der Waals surface area (Å²) in [6.45, 7) is 0. The van der Waals surface area contributed by atoms with Crippen molar-refractivity contribution in [1.29, 1.82) is 0 Å². The van der Waals surface area contributed by atoms with E-state index in [0.29, 0.717) is 17.2 Å². The lowest BCUT2D eigenvalue weighted by Gasteiger charge is -2.13. The Labute approximate surface area is 166 Å². The fourth-order valence-electron chi connectivity index (χ4n) is 3.43. The Kier molecular flexibility index (Phi) is 4.88. The number of pyridine rings is 1. The summed E-state index contributed by atoms with van der Waals surface area (Å²) in [6, 6.07) is 15.3. The van der Waals surface area contributed by atoms with E-state index in [9.17, 15) is 9.18 Å². The number of rotatable bonds is 4. The Balaban J connectivity index is 1.50. The van der Waals surface area contributed by atoms with Gasteiger partial charge < -0.3 is 16.4 Å². The zero-order valence-electron chi connectivity index (χ0n) is 14.9. The van der Waals surface area contributed by atoms with Gasteiger partial charge in [-0.15, -0.1) is 0 Å². The minimum Gasteiger partial charge on any atom is -0.399 e. The third kappa shape index (κ3) is 4.07.